The van der Waals surface area contributed by atoms with Crippen molar-refractivity contribution in [1.82, 2.24) is 0 Å². The fourth-order valence-electron chi connectivity index (χ4n) is 3.48. The van der Waals surface area contributed by atoms with Gasteiger partial charge in [-0.1, -0.05) is 42.5 Å². The summed E-state index contributed by atoms with van der Waals surface area (Å²) >= 11 is 0. The zero-order valence-electron chi connectivity index (χ0n) is 17.5. The molecule has 2 N–H and O–H groups in total. The Balaban J connectivity index is 1.76. The van der Waals surface area contributed by atoms with Crippen LogP contribution in [0.15, 0.2) is 54.6 Å². The summed E-state index contributed by atoms with van der Waals surface area (Å²) in [5.74, 6) is -0.128. The SMILES string of the molecule is CC(=O)OCCCCC=CC[C@H]1C(=O)C[C@@H](O)[C@@H]1C=C[C@@H](O)COc1ccccc1. The fourth-order valence-corrected chi connectivity index (χ4v) is 3.48. The van der Waals surface area contributed by atoms with E-state index in [1.54, 1.807) is 12.2 Å². The average Bonchev–Trinajstić information content (AvgIpc) is 2.99. The lowest BCUT2D eigenvalue weighted by Gasteiger charge is -2.17. The molecular formula is C24H32O6. The van der Waals surface area contributed by atoms with Crippen molar-refractivity contribution < 1.29 is 29.3 Å². The standard InChI is InChI=1S/C24H32O6/c1-18(25)29-15-9-4-2-3-8-12-21-22(24(28)16-23(21)27)14-13-19(26)17-30-20-10-6-5-7-11-20/h3,5-8,10-11,13-14,19,21-22,24,26,28H,2,4,9,12,15-17H2,1H3/t19-,21-,22-,24-/m1/s1. The minimum Gasteiger partial charge on any atom is -0.491 e. The number of ketones is 1. The Kier molecular flexibility index (Phi) is 10.3. The number of carbonyl (C=O) groups is 2. The predicted molar refractivity (Wildman–Crippen MR) is 114 cm³/mol. The van der Waals surface area contributed by atoms with Crippen molar-refractivity contribution in [1.29, 1.82) is 0 Å². The van der Waals surface area contributed by atoms with Crippen molar-refractivity contribution in [3.8, 4) is 5.75 Å². The van der Waals surface area contributed by atoms with E-state index >= 15 is 0 Å². The van der Waals surface area contributed by atoms with E-state index in [0.29, 0.717) is 18.8 Å². The molecule has 0 spiro atoms. The molecule has 1 aliphatic carbocycles. The first-order valence-corrected chi connectivity index (χ1v) is 10.5. The number of ether oxygens (including phenoxy) is 2. The monoisotopic (exact) mass is 416 g/mol. The number of esters is 1. The highest BCUT2D eigenvalue weighted by atomic mass is 16.5. The highest BCUT2D eigenvalue weighted by Crippen LogP contribution is 2.33. The number of benzene rings is 1. The van der Waals surface area contributed by atoms with Crippen molar-refractivity contribution in [2.24, 2.45) is 11.8 Å². The summed E-state index contributed by atoms with van der Waals surface area (Å²) in [5, 5.41) is 20.4. The third-order valence-electron chi connectivity index (χ3n) is 5.08. The van der Waals surface area contributed by atoms with Gasteiger partial charge in [0.05, 0.1) is 12.7 Å². The molecule has 164 valence electrons. The van der Waals surface area contributed by atoms with Crippen LogP contribution in [0.2, 0.25) is 0 Å². The van der Waals surface area contributed by atoms with E-state index in [4.69, 9.17) is 9.47 Å². The number of unbranched alkanes of at least 4 members (excludes halogenated alkanes) is 2. The number of allylic oxidation sites excluding steroid dienone is 2. The molecule has 1 aliphatic rings. The maximum absolute atomic E-state index is 12.3. The van der Waals surface area contributed by atoms with Crippen LogP contribution in [0.3, 0.4) is 0 Å². The summed E-state index contributed by atoms with van der Waals surface area (Å²) in [6, 6.07) is 9.23. The Labute approximate surface area is 178 Å². The van der Waals surface area contributed by atoms with Crippen LogP contribution in [-0.4, -0.2) is 47.4 Å². The fraction of sp³-hybridized carbons (Fsp3) is 0.500. The van der Waals surface area contributed by atoms with Gasteiger partial charge in [0.2, 0.25) is 0 Å². The summed E-state index contributed by atoms with van der Waals surface area (Å²) < 4.78 is 10.4. The molecule has 0 saturated heterocycles. The number of rotatable bonds is 12. The van der Waals surface area contributed by atoms with Gasteiger partial charge >= 0.3 is 5.97 Å². The van der Waals surface area contributed by atoms with Crippen LogP contribution in [0, 0.1) is 11.8 Å². The summed E-state index contributed by atoms with van der Waals surface area (Å²) in [5.41, 5.74) is 0. The first-order valence-electron chi connectivity index (χ1n) is 10.5. The van der Waals surface area contributed by atoms with Crippen LogP contribution >= 0.6 is 0 Å². The smallest absolute Gasteiger partial charge is 0.302 e. The van der Waals surface area contributed by atoms with E-state index in [2.05, 4.69) is 0 Å². The Morgan fingerprint density at radius 2 is 2.00 bits per heavy atom. The average molecular weight is 417 g/mol. The molecule has 2 rings (SSSR count). The van der Waals surface area contributed by atoms with E-state index < -0.39 is 12.2 Å². The van der Waals surface area contributed by atoms with Crippen molar-refractivity contribution >= 4 is 11.8 Å². The van der Waals surface area contributed by atoms with E-state index in [0.717, 1.165) is 19.3 Å². The lowest BCUT2D eigenvalue weighted by molar-refractivity contribution is -0.141. The molecule has 0 aromatic heterocycles. The molecule has 1 aromatic rings. The summed E-state index contributed by atoms with van der Waals surface area (Å²) in [6.07, 6.45) is 9.06. The van der Waals surface area contributed by atoms with Crippen molar-refractivity contribution in [3.05, 3.63) is 54.6 Å². The molecule has 0 unspecified atom stereocenters. The van der Waals surface area contributed by atoms with Crippen molar-refractivity contribution in [2.75, 3.05) is 13.2 Å². The number of hydrogen-bond donors (Lipinski definition) is 2. The Hall–Kier alpha value is -2.44. The highest BCUT2D eigenvalue weighted by molar-refractivity contribution is 5.84. The zero-order valence-corrected chi connectivity index (χ0v) is 17.5. The minimum atomic E-state index is -0.818. The van der Waals surface area contributed by atoms with Gasteiger partial charge in [-0.05, 0) is 37.8 Å². The third kappa shape index (κ3) is 8.51. The predicted octanol–water partition coefficient (Wildman–Crippen LogP) is 3.23. The summed E-state index contributed by atoms with van der Waals surface area (Å²) in [7, 11) is 0. The number of carbonyl (C=O) groups excluding carboxylic acids is 2. The van der Waals surface area contributed by atoms with Crippen LogP contribution in [0.1, 0.15) is 39.0 Å². The van der Waals surface area contributed by atoms with Crippen LogP contribution in [0.4, 0.5) is 0 Å². The molecule has 6 nitrogen and oxygen atoms in total. The van der Waals surface area contributed by atoms with Gasteiger partial charge in [0, 0.05) is 25.2 Å². The molecule has 0 bridgehead atoms. The van der Waals surface area contributed by atoms with Crippen molar-refractivity contribution in [3.63, 3.8) is 0 Å². The minimum absolute atomic E-state index is 0.0479. The van der Waals surface area contributed by atoms with Crippen molar-refractivity contribution in [2.45, 2.75) is 51.2 Å². The second-order valence-electron chi connectivity index (χ2n) is 7.54. The van der Waals surface area contributed by atoms with E-state index in [-0.39, 0.29) is 36.6 Å². The molecule has 1 fully saturated rings. The number of para-hydroxylation sites is 1. The summed E-state index contributed by atoms with van der Waals surface area (Å²) in [4.78, 5) is 23.0. The summed E-state index contributed by atoms with van der Waals surface area (Å²) in [6.45, 7) is 1.93. The first kappa shape index (κ1) is 23.8. The Morgan fingerprint density at radius 1 is 1.23 bits per heavy atom. The third-order valence-corrected chi connectivity index (χ3v) is 5.08. The molecular weight excluding hydrogens is 384 g/mol. The van der Waals surface area contributed by atoms with Crippen LogP contribution in [0.5, 0.6) is 5.75 Å². The first-order chi connectivity index (χ1) is 14.5. The molecule has 6 heteroatoms. The lowest BCUT2D eigenvalue weighted by atomic mass is 9.90. The second kappa shape index (κ2) is 13.0. The van der Waals surface area contributed by atoms with Gasteiger partial charge in [-0.3, -0.25) is 9.59 Å². The molecule has 0 aliphatic heterocycles. The topological polar surface area (TPSA) is 93.1 Å². The molecule has 30 heavy (non-hydrogen) atoms. The van der Waals surface area contributed by atoms with Crippen LogP contribution in [-0.2, 0) is 14.3 Å². The molecule has 1 aromatic carbocycles. The Bertz CT molecular complexity index is 712. The van der Waals surface area contributed by atoms with E-state index in [1.165, 1.54) is 6.92 Å². The van der Waals surface area contributed by atoms with E-state index in [9.17, 15) is 19.8 Å². The van der Waals surface area contributed by atoms with Gasteiger partial charge in [-0.25, -0.2) is 0 Å². The van der Waals surface area contributed by atoms with Gasteiger partial charge in [-0.15, -0.1) is 0 Å². The van der Waals surface area contributed by atoms with Gasteiger partial charge in [0.1, 0.15) is 24.2 Å². The number of aliphatic hydroxyl groups excluding tert-OH is 2. The van der Waals surface area contributed by atoms with Gasteiger partial charge in [-0.2, -0.15) is 0 Å². The van der Waals surface area contributed by atoms with Gasteiger partial charge in [0.25, 0.3) is 0 Å². The molecule has 0 amide bonds. The maximum atomic E-state index is 12.3. The number of aliphatic hydroxyl groups is 2. The zero-order chi connectivity index (χ0) is 21.8. The van der Waals surface area contributed by atoms with Gasteiger partial charge < -0.3 is 19.7 Å². The lowest BCUT2D eigenvalue weighted by Crippen LogP contribution is -2.20. The van der Waals surface area contributed by atoms with Crippen LogP contribution in [0.25, 0.3) is 0 Å². The largest absolute Gasteiger partial charge is 0.491 e. The highest BCUT2D eigenvalue weighted by Gasteiger charge is 2.39. The molecule has 4 atom stereocenters. The molecule has 0 radical (unpaired) electrons. The Morgan fingerprint density at radius 3 is 2.73 bits per heavy atom. The number of Topliss-reactive ketones (excluding diaryl/α,β-unsaturated/α-hetero) is 1. The second-order valence-corrected chi connectivity index (χ2v) is 7.54. The number of hydrogen-bond acceptors (Lipinski definition) is 6. The maximum Gasteiger partial charge on any atom is 0.302 e. The van der Waals surface area contributed by atoms with Crippen LogP contribution < -0.4 is 4.74 Å². The van der Waals surface area contributed by atoms with Gasteiger partial charge in [0.15, 0.2) is 0 Å². The normalized spacial score (nSPS) is 22.6. The quantitative estimate of drug-likeness (QED) is 0.309. The van der Waals surface area contributed by atoms with E-state index in [1.807, 2.05) is 42.5 Å². The molecule has 0 heterocycles. The molecule has 1 saturated carbocycles.